The molecule has 6 nitrogen and oxygen atoms in total. The average molecular weight is 397 g/mol. The highest BCUT2D eigenvalue weighted by atomic mass is 32.2. The van der Waals surface area contributed by atoms with Crippen molar-refractivity contribution < 1.29 is 9.32 Å². The Morgan fingerprint density at radius 2 is 1.93 bits per heavy atom. The van der Waals surface area contributed by atoms with Crippen LogP contribution in [0.5, 0.6) is 0 Å². The zero-order valence-electron chi connectivity index (χ0n) is 16.2. The summed E-state index contributed by atoms with van der Waals surface area (Å²) >= 11 is 1.45. The molecule has 2 aromatic carbocycles. The van der Waals surface area contributed by atoms with Gasteiger partial charge in [-0.05, 0) is 45.2 Å². The van der Waals surface area contributed by atoms with Crippen LogP contribution < -0.4 is 10.6 Å². The Kier molecular flexibility index (Phi) is 6.84. The van der Waals surface area contributed by atoms with Gasteiger partial charge in [-0.3, -0.25) is 4.79 Å². The number of carbonyl (C=O) groups excluding carboxylic acids is 1. The van der Waals surface area contributed by atoms with E-state index in [1.54, 1.807) is 0 Å². The van der Waals surface area contributed by atoms with E-state index in [-0.39, 0.29) is 11.9 Å². The molecule has 7 heteroatoms. The predicted octanol–water partition coefficient (Wildman–Crippen LogP) is 3.93. The number of nitrogens with zero attached hydrogens (tertiary/aromatic N) is 2. The van der Waals surface area contributed by atoms with Crippen LogP contribution in [0.2, 0.25) is 0 Å². The molecular weight excluding hydrogens is 372 g/mol. The van der Waals surface area contributed by atoms with Gasteiger partial charge in [0.25, 0.3) is 5.89 Å². The first kappa shape index (κ1) is 20.1. The van der Waals surface area contributed by atoms with Crippen LogP contribution in [0.1, 0.15) is 18.3 Å². The molecule has 0 saturated carbocycles. The maximum absolute atomic E-state index is 12.3. The first-order valence-electron chi connectivity index (χ1n) is 9.13. The summed E-state index contributed by atoms with van der Waals surface area (Å²) in [6, 6.07) is 15.8. The Bertz CT molecular complexity index is 924. The van der Waals surface area contributed by atoms with Crippen LogP contribution in [-0.2, 0) is 11.2 Å². The van der Waals surface area contributed by atoms with Gasteiger partial charge in [0.1, 0.15) is 0 Å². The highest BCUT2D eigenvalue weighted by Crippen LogP contribution is 2.30. The molecule has 0 aliphatic carbocycles. The molecule has 3 rings (SSSR count). The lowest BCUT2D eigenvalue weighted by Gasteiger charge is -2.07. The Balaban J connectivity index is 1.65. The van der Waals surface area contributed by atoms with Crippen LogP contribution in [0.4, 0.5) is 5.69 Å². The maximum Gasteiger partial charge on any atom is 0.259 e. The molecule has 0 aliphatic heterocycles. The van der Waals surface area contributed by atoms with E-state index < -0.39 is 0 Å². The summed E-state index contributed by atoms with van der Waals surface area (Å²) in [5.41, 5.74) is 2.79. The van der Waals surface area contributed by atoms with Crippen LogP contribution >= 0.6 is 11.8 Å². The molecule has 0 spiro atoms. The second-order valence-electron chi connectivity index (χ2n) is 6.61. The molecule has 0 saturated heterocycles. The monoisotopic (exact) mass is 396 g/mol. The van der Waals surface area contributed by atoms with E-state index in [0.717, 1.165) is 21.7 Å². The number of thioether (sulfide) groups is 1. The van der Waals surface area contributed by atoms with E-state index in [1.807, 2.05) is 62.5 Å². The Morgan fingerprint density at radius 1 is 1.18 bits per heavy atom. The summed E-state index contributed by atoms with van der Waals surface area (Å²) < 4.78 is 5.45. The van der Waals surface area contributed by atoms with Crippen molar-refractivity contribution >= 4 is 23.4 Å². The lowest BCUT2D eigenvalue weighted by Crippen LogP contribution is -2.24. The summed E-state index contributed by atoms with van der Waals surface area (Å²) in [5, 5.41) is 10.1. The molecule has 1 aromatic heterocycles. The third-order valence-electron chi connectivity index (χ3n) is 4.26. The molecule has 146 valence electrons. The minimum atomic E-state index is -0.0577. The van der Waals surface area contributed by atoms with Crippen molar-refractivity contribution in [1.82, 2.24) is 15.5 Å². The highest BCUT2D eigenvalue weighted by molar-refractivity contribution is 8.00. The first-order valence-corrected chi connectivity index (χ1v) is 10.1. The van der Waals surface area contributed by atoms with Gasteiger partial charge in [0, 0.05) is 23.0 Å². The third-order valence-corrected chi connectivity index (χ3v) is 5.33. The van der Waals surface area contributed by atoms with Crippen molar-refractivity contribution in [2.45, 2.75) is 31.2 Å². The van der Waals surface area contributed by atoms with Gasteiger partial charge in [0.2, 0.25) is 5.91 Å². The van der Waals surface area contributed by atoms with Gasteiger partial charge in [-0.15, -0.1) is 11.8 Å². The van der Waals surface area contributed by atoms with Gasteiger partial charge in [-0.1, -0.05) is 35.0 Å². The number of aryl methyl sites for hydroxylation is 1. The Hall–Kier alpha value is -2.64. The number of benzene rings is 2. The number of rotatable bonds is 8. The largest absolute Gasteiger partial charge is 0.334 e. The van der Waals surface area contributed by atoms with E-state index in [1.165, 1.54) is 11.8 Å². The van der Waals surface area contributed by atoms with E-state index in [9.17, 15) is 4.79 Å². The first-order chi connectivity index (χ1) is 13.5. The van der Waals surface area contributed by atoms with Gasteiger partial charge in [-0.2, -0.15) is 4.98 Å². The molecule has 0 bridgehead atoms. The topological polar surface area (TPSA) is 80.0 Å². The van der Waals surface area contributed by atoms with Gasteiger partial charge >= 0.3 is 0 Å². The van der Waals surface area contributed by atoms with Crippen molar-refractivity contribution in [3.8, 4) is 11.5 Å². The Morgan fingerprint density at radius 3 is 2.68 bits per heavy atom. The molecule has 3 aromatic rings. The molecule has 0 radical (unpaired) electrons. The summed E-state index contributed by atoms with van der Waals surface area (Å²) in [6.45, 7) is 4.08. The van der Waals surface area contributed by atoms with Crippen LogP contribution in [0.15, 0.2) is 57.9 Å². The number of nitrogens with one attached hydrogen (secondary N) is 2. The number of hydrogen-bond donors (Lipinski definition) is 2. The quantitative estimate of drug-likeness (QED) is 0.562. The number of anilines is 1. The van der Waals surface area contributed by atoms with Crippen LogP contribution in [0, 0.1) is 6.92 Å². The standard InChI is InChI=1S/C21H24N4O2S/c1-14-8-10-16(11-9-14)23-20(26)13-28-18-7-5-4-6-17(18)21-24-19(25-27-21)12-15(2)22-3/h4-11,15,22H,12-13H2,1-3H3,(H,23,26). The van der Waals surface area contributed by atoms with Gasteiger partial charge < -0.3 is 15.2 Å². The number of amides is 1. The van der Waals surface area contributed by atoms with Crippen LogP contribution in [0.3, 0.4) is 0 Å². The molecule has 0 aliphatic rings. The van der Waals surface area contributed by atoms with E-state index in [2.05, 4.69) is 27.7 Å². The molecular formula is C21H24N4O2S. The third kappa shape index (κ3) is 5.43. The van der Waals surface area contributed by atoms with Crippen molar-refractivity contribution in [1.29, 1.82) is 0 Å². The van der Waals surface area contributed by atoms with E-state index in [4.69, 9.17) is 4.52 Å². The summed E-state index contributed by atoms with van der Waals surface area (Å²) in [7, 11) is 1.90. The zero-order chi connectivity index (χ0) is 19.9. The smallest absolute Gasteiger partial charge is 0.259 e. The summed E-state index contributed by atoms with van der Waals surface area (Å²) in [4.78, 5) is 17.7. The number of hydrogen-bond acceptors (Lipinski definition) is 6. The second kappa shape index (κ2) is 9.52. The van der Waals surface area contributed by atoms with Crippen molar-refractivity contribution in [2.75, 3.05) is 18.1 Å². The van der Waals surface area contributed by atoms with E-state index >= 15 is 0 Å². The van der Waals surface area contributed by atoms with Crippen LogP contribution in [0.25, 0.3) is 11.5 Å². The normalized spacial score (nSPS) is 12.0. The second-order valence-corrected chi connectivity index (χ2v) is 7.63. The lowest BCUT2D eigenvalue weighted by molar-refractivity contribution is -0.113. The molecule has 0 fully saturated rings. The molecule has 2 N–H and O–H groups in total. The van der Waals surface area contributed by atoms with Crippen molar-refractivity contribution in [3.05, 3.63) is 59.9 Å². The Labute approximate surface area is 169 Å². The number of aromatic nitrogens is 2. The average Bonchev–Trinajstić information content (AvgIpc) is 3.16. The van der Waals surface area contributed by atoms with Crippen LogP contribution in [-0.4, -0.2) is 34.9 Å². The number of likely N-dealkylation sites (N-methyl/N-ethyl adjacent to an activating group) is 1. The van der Waals surface area contributed by atoms with Crippen molar-refractivity contribution in [2.24, 2.45) is 0 Å². The summed E-state index contributed by atoms with van der Waals surface area (Å²) in [6.07, 6.45) is 0.689. The maximum atomic E-state index is 12.3. The number of carbonyl (C=O) groups is 1. The van der Waals surface area contributed by atoms with Gasteiger partial charge in [0.05, 0.1) is 11.3 Å². The minimum absolute atomic E-state index is 0.0577. The van der Waals surface area contributed by atoms with Gasteiger partial charge in [0.15, 0.2) is 5.82 Å². The van der Waals surface area contributed by atoms with E-state index in [0.29, 0.717) is 23.9 Å². The zero-order valence-corrected chi connectivity index (χ0v) is 17.0. The minimum Gasteiger partial charge on any atom is -0.334 e. The highest BCUT2D eigenvalue weighted by Gasteiger charge is 2.15. The fraction of sp³-hybridized carbons (Fsp3) is 0.286. The molecule has 1 amide bonds. The van der Waals surface area contributed by atoms with Gasteiger partial charge in [-0.25, -0.2) is 0 Å². The summed E-state index contributed by atoms with van der Waals surface area (Å²) in [5.74, 6) is 1.37. The molecule has 1 atom stereocenters. The fourth-order valence-corrected chi connectivity index (χ4v) is 3.41. The molecule has 28 heavy (non-hydrogen) atoms. The SMILES string of the molecule is CNC(C)Cc1noc(-c2ccccc2SCC(=O)Nc2ccc(C)cc2)n1. The predicted molar refractivity (Wildman–Crippen MR) is 112 cm³/mol. The molecule has 1 heterocycles. The molecule has 1 unspecified atom stereocenters. The lowest BCUT2D eigenvalue weighted by atomic mass is 10.2. The fourth-order valence-electron chi connectivity index (χ4n) is 2.57. The van der Waals surface area contributed by atoms with Crippen molar-refractivity contribution in [3.63, 3.8) is 0 Å².